The van der Waals surface area contributed by atoms with Gasteiger partial charge >= 0.3 is 0 Å². The molecule has 0 saturated carbocycles. The van der Waals surface area contributed by atoms with Crippen molar-refractivity contribution in [3.63, 3.8) is 0 Å². The van der Waals surface area contributed by atoms with Crippen molar-refractivity contribution in [2.45, 2.75) is 19.8 Å². The average molecular weight is 397 g/mol. The van der Waals surface area contributed by atoms with Gasteiger partial charge in [-0.05, 0) is 43.5 Å². The number of benzene rings is 1. The summed E-state index contributed by atoms with van der Waals surface area (Å²) < 4.78 is 3.31. The van der Waals surface area contributed by atoms with Crippen LogP contribution in [0.15, 0.2) is 66.2 Å². The Hall–Kier alpha value is -4.07. The molecule has 0 fully saturated rings. The van der Waals surface area contributed by atoms with Gasteiger partial charge in [0.1, 0.15) is 11.4 Å². The molecule has 4 aromatic rings. The Balaban J connectivity index is 1.55. The van der Waals surface area contributed by atoms with E-state index < -0.39 is 0 Å². The topological polar surface area (TPSA) is 89.5 Å². The van der Waals surface area contributed by atoms with Gasteiger partial charge in [-0.15, -0.1) is 0 Å². The maximum atomic E-state index is 13.0. The number of rotatable bonds is 4. The van der Waals surface area contributed by atoms with E-state index in [4.69, 9.17) is 5.10 Å². The van der Waals surface area contributed by atoms with Crippen LogP contribution in [0.3, 0.4) is 0 Å². The van der Waals surface area contributed by atoms with Crippen molar-refractivity contribution >= 4 is 29.2 Å². The summed E-state index contributed by atoms with van der Waals surface area (Å²) in [5.74, 6) is 0.281. The summed E-state index contributed by atoms with van der Waals surface area (Å²) in [7, 11) is 0. The van der Waals surface area contributed by atoms with Crippen LogP contribution in [0.4, 0.5) is 5.82 Å². The van der Waals surface area contributed by atoms with Gasteiger partial charge in [-0.25, -0.2) is 14.2 Å². The van der Waals surface area contributed by atoms with Gasteiger partial charge in [0, 0.05) is 30.9 Å². The van der Waals surface area contributed by atoms with Crippen LogP contribution in [0.2, 0.25) is 0 Å². The highest BCUT2D eigenvalue weighted by Crippen LogP contribution is 2.26. The molecule has 1 aliphatic rings. The summed E-state index contributed by atoms with van der Waals surface area (Å²) in [6.07, 6.45) is 10.4. The van der Waals surface area contributed by atoms with E-state index in [1.54, 1.807) is 27.7 Å². The molecule has 0 spiro atoms. The molecule has 1 N–H and O–H groups in total. The number of allylic oxidation sites excluding steroid dienone is 1. The minimum atomic E-state index is -0.292. The van der Waals surface area contributed by atoms with Crippen LogP contribution < -0.4 is 5.32 Å². The number of hydrogen-bond donors (Lipinski definition) is 1. The molecular weight excluding hydrogens is 378 g/mol. The van der Waals surface area contributed by atoms with Gasteiger partial charge in [0.2, 0.25) is 0 Å². The number of carbonyl (C=O) groups is 1. The predicted molar refractivity (Wildman–Crippen MR) is 115 cm³/mol. The number of aliphatic imine (C=N–C) groups is 1. The molecule has 8 heteroatoms. The van der Waals surface area contributed by atoms with Crippen LogP contribution >= 0.6 is 0 Å². The summed E-state index contributed by atoms with van der Waals surface area (Å²) in [4.78, 5) is 21.5. The molecule has 1 aliphatic heterocycles. The molecule has 4 heterocycles. The van der Waals surface area contributed by atoms with E-state index in [-0.39, 0.29) is 5.91 Å². The molecule has 0 saturated heterocycles. The normalized spacial score (nSPS) is 13.4. The van der Waals surface area contributed by atoms with E-state index in [1.807, 2.05) is 49.7 Å². The number of nitrogens with zero attached hydrogens (tertiary/aromatic N) is 6. The van der Waals surface area contributed by atoms with Crippen molar-refractivity contribution < 1.29 is 4.79 Å². The number of amides is 1. The first-order chi connectivity index (χ1) is 14.7. The van der Waals surface area contributed by atoms with Gasteiger partial charge in [0.25, 0.3) is 5.91 Å². The van der Waals surface area contributed by atoms with Gasteiger partial charge in [-0.3, -0.25) is 9.79 Å². The smallest absolute Gasteiger partial charge is 0.262 e. The van der Waals surface area contributed by atoms with Gasteiger partial charge < -0.3 is 5.32 Å². The van der Waals surface area contributed by atoms with Crippen LogP contribution in [0.1, 0.15) is 34.5 Å². The highest BCUT2D eigenvalue weighted by molar-refractivity contribution is 6.08. The number of anilines is 1. The fourth-order valence-corrected chi connectivity index (χ4v) is 3.38. The number of nitrogens with one attached hydrogen (secondary N) is 1. The van der Waals surface area contributed by atoms with Crippen molar-refractivity contribution in [1.29, 1.82) is 0 Å². The van der Waals surface area contributed by atoms with Crippen LogP contribution in [0.5, 0.6) is 0 Å². The van der Waals surface area contributed by atoms with Crippen LogP contribution in [-0.2, 0) is 0 Å². The molecule has 0 unspecified atom stereocenters. The largest absolute Gasteiger partial charge is 0.306 e. The molecule has 30 heavy (non-hydrogen) atoms. The molecule has 148 valence electrons. The van der Waals surface area contributed by atoms with E-state index in [0.717, 1.165) is 35.4 Å². The third-order valence-electron chi connectivity index (χ3n) is 4.96. The molecule has 0 atom stereocenters. The summed E-state index contributed by atoms with van der Waals surface area (Å²) in [5.41, 5.74) is 4.74. The quantitative estimate of drug-likeness (QED) is 0.569. The van der Waals surface area contributed by atoms with E-state index in [2.05, 4.69) is 20.4 Å². The lowest BCUT2D eigenvalue weighted by Crippen LogP contribution is -2.15. The molecular formula is C22H19N7O. The number of hydrogen-bond acceptors (Lipinski definition) is 5. The van der Waals surface area contributed by atoms with Crippen LogP contribution in [-0.4, -0.2) is 36.5 Å². The van der Waals surface area contributed by atoms with E-state index >= 15 is 0 Å². The molecule has 0 radical (unpaired) electrons. The van der Waals surface area contributed by atoms with Crippen LogP contribution in [0, 0.1) is 6.92 Å². The molecule has 5 rings (SSSR count). The third-order valence-corrected chi connectivity index (χ3v) is 4.96. The summed E-state index contributed by atoms with van der Waals surface area (Å²) in [6, 6.07) is 11.6. The van der Waals surface area contributed by atoms with Crippen molar-refractivity contribution in [3.05, 3.63) is 78.0 Å². The van der Waals surface area contributed by atoms with Crippen LogP contribution in [0.25, 0.3) is 16.9 Å². The molecule has 0 bridgehead atoms. The number of aryl methyl sites for hydroxylation is 1. The van der Waals surface area contributed by atoms with Crippen molar-refractivity contribution in [2.24, 2.45) is 4.99 Å². The summed E-state index contributed by atoms with van der Waals surface area (Å²) >= 11 is 0. The first-order valence-corrected chi connectivity index (χ1v) is 9.67. The fourth-order valence-electron chi connectivity index (χ4n) is 3.38. The zero-order valence-corrected chi connectivity index (χ0v) is 16.4. The molecule has 1 amide bonds. The zero-order valence-electron chi connectivity index (χ0n) is 16.4. The SMILES string of the molecule is Cc1ccc(-n2nc(C3=CN=CCC3)cc2NC(=O)c2cnn3cccnc23)cc1. The molecule has 8 nitrogen and oxygen atoms in total. The Morgan fingerprint density at radius 1 is 1.20 bits per heavy atom. The predicted octanol–water partition coefficient (Wildman–Crippen LogP) is 3.68. The van der Waals surface area contributed by atoms with E-state index in [9.17, 15) is 4.79 Å². The van der Waals surface area contributed by atoms with Gasteiger partial charge in [0.15, 0.2) is 5.65 Å². The lowest BCUT2D eigenvalue weighted by atomic mass is 10.1. The lowest BCUT2D eigenvalue weighted by molar-refractivity contribution is 0.102. The monoisotopic (exact) mass is 397 g/mol. The fraction of sp³-hybridized carbons (Fsp3) is 0.136. The van der Waals surface area contributed by atoms with Crippen molar-refractivity contribution in [3.8, 4) is 5.69 Å². The first-order valence-electron chi connectivity index (χ1n) is 9.67. The second-order valence-electron chi connectivity index (χ2n) is 7.09. The Morgan fingerprint density at radius 3 is 2.87 bits per heavy atom. The Bertz CT molecular complexity index is 1290. The summed E-state index contributed by atoms with van der Waals surface area (Å²) in [6.45, 7) is 2.03. The number of carbonyl (C=O) groups excluding carboxylic acids is 1. The number of fused-ring (bicyclic) bond motifs is 1. The van der Waals surface area contributed by atoms with Crippen molar-refractivity contribution in [2.75, 3.05) is 5.32 Å². The minimum absolute atomic E-state index is 0.292. The maximum Gasteiger partial charge on any atom is 0.262 e. The Kier molecular flexibility index (Phi) is 4.44. The Labute approximate surface area is 172 Å². The van der Waals surface area contributed by atoms with Gasteiger partial charge in [-0.2, -0.15) is 10.2 Å². The first kappa shape index (κ1) is 18.0. The Morgan fingerprint density at radius 2 is 2.07 bits per heavy atom. The minimum Gasteiger partial charge on any atom is -0.306 e. The average Bonchev–Trinajstić information content (AvgIpc) is 3.39. The lowest BCUT2D eigenvalue weighted by Gasteiger charge is -2.09. The maximum absolute atomic E-state index is 13.0. The second-order valence-corrected chi connectivity index (χ2v) is 7.09. The van der Waals surface area contributed by atoms with Gasteiger partial charge in [0.05, 0.1) is 17.6 Å². The van der Waals surface area contributed by atoms with E-state index in [1.165, 1.54) is 6.20 Å². The second kappa shape index (κ2) is 7.40. The third kappa shape index (κ3) is 3.28. The van der Waals surface area contributed by atoms with E-state index in [0.29, 0.717) is 17.0 Å². The molecule has 0 aliphatic carbocycles. The van der Waals surface area contributed by atoms with Crippen molar-refractivity contribution in [1.82, 2.24) is 24.4 Å². The highest BCUT2D eigenvalue weighted by atomic mass is 16.1. The number of aromatic nitrogens is 5. The molecule has 1 aromatic carbocycles. The summed E-state index contributed by atoms with van der Waals surface area (Å²) in [5, 5.41) is 11.9. The zero-order chi connectivity index (χ0) is 20.5. The molecule has 3 aromatic heterocycles. The standard InChI is InChI=1S/C22H19N7O/c1-15-5-7-17(8-6-15)29-20(12-19(27-29)16-4-2-9-23-13-16)26-22(30)18-14-25-28-11-3-10-24-21(18)28/h3,5-14H,2,4H2,1H3,(H,26,30). The van der Waals surface area contributed by atoms with Gasteiger partial charge in [-0.1, -0.05) is 17.7 Å². The highest BCUT2D eigenvalue weighted by Gasteiger charge is 2.19.